The number of nitrogens with two attached hydrogens (primary N) is 1. The molecule has 1 spiro atoms. The van der Waals surface area contributed by atoms with Crippen molar-refractivity contribution in [1.29, 1.82) is 0 Å². The van der Waals surface area contributed by atoms with E-state index in [1.807, 2.05) is 36.4 Å². The lowest BCUT2D eigenvalue weighted by molar-refractivity contribution is -0.129. The van der Waals surface area contributed by atoms with Crippen molar-refractivity contribution >= 4 is 12.2 Å². The highest BCUT2D eigenvalue weighted by atomic mass is 16.5. The van der Waals surface area contributed by atoms with E-state index in [0.29, 0.717) is 24.2 Å². The second-order valence-corrected chi connectivity index (χ2v) is 11.2. The molecule has 39 heavy (non-hydrogen) atoms. The first-order chi connectivity index (χ1) is 19.1. The lowest BCUT2D eigenvalue weighted by atomic mass is 9.68. The largest absolute Gasteiger partial charge is 0.488 e. The monoisotopic (exact) mass is 528 g/mol. The van der Waals surface area contributed by atoms with Gasteiger partial charge in [0.25, 0.3) is 6.47 Å². The quantitative estimate of drug-likeness (QED) is 0.307. The van der Waals surface area contributed by atoms with Crippen molar-refractivity contribution in [3.8, 4) is 16.9 Å². The van der Waals surface area contributed by atoms with E-state index >= 15 is 0 Å². The minimum atomic E-state index is -0.408. The molecule has 1 saturated carbocycles. The molecule has 3 aromatic rings. The highest BCUT2D eigenvalue weighted by Gasteiger charge is 2.35. The second kappa shape index (κ2) is 12.7. The van der Waals surface area contributed by atoms with Gasteiger partial charge in [-0.05, 0) is 83.7 Å². The SMILES string of the molecule is N[C@H](CO)c1cccc(-c2cc(COc3ccccc3COC=O)cc(N3CCC4(CCCCC4)CC3)c2)c1. The van der Waals surface area contributed by atoms with Crippen LogP contribution in [0.2, 0.25) is 0 Å². The maximum atomic E-state index is 10.7. The molecule has 0 aromatic heterocycles. The van der Waals surface area contributed by atoms with Crippen LogP contribution in [0.1, 0.15) is 67.7 Å². The zero-order valence-electron chi connectivity index (χ0n) is 22.7. The summed E-state index contributed by atoms with van der Waals surface area (Å²) in [5.74, 6) is 0.708. The minimum absolute atomic E-state index is 0.0919. The predicted molar refractivity (Wildman–Crippen MR) is 154 cm³/mol. The van der Waals surface area contributed by atoms with Gasteiger partial charge in [-0.15, -0.1) is 0 Å². The number of carbonyl (C=O) groups is 1. The average Bonchev–Trinajstić information content (AvgIpc) is 2.99. The molecule has 3 N–H and O–H groups in total. The fourth-order valence-electron chi connectivity index (χ4n) is 6.25. The Balaban J connectivity index is 1.42. The summed E-state index contributed by atoms with van der Waals surface area (Å²) < 4.78 is 11.2. The molecule has 0 bridgehead atoms. The van der Waals surface area contributed by atoms with Gasteiger partial charge in [0.2, 0.25) is 0 Å². The summed E-state index contributed by atoms with van der Waals surface area (Å²) >= 11 is 0. The van der Waals surface area contributed by atoms with Gasteiger partial charge in [0.15, 0.2) is 0 Å². The van der Waals surface area contributed by atoms with Crippen LogP contribution in [0.15, 0.2) is 66.7 Å². The van der Waals surface area contributed by atoms with Gasteiger partial charge in [-0.1, -0.05) is 55.7 Å². The number of piperidine rings is 1. The molecule has 206 valence electrons. The highest BCUT2D eigenvalue weighted by molar-refractivity contribution is 5.70. The second-order valence-electron chi connectivity index (χ2n) is 11.2. The van der Waals surface area contributed by atoms with Gasteiger partial charge in [-0.2, -0.15) is 0 Å². The summed E-state index contributed by atoms with van der Waals surface area (Å²) in [4.78, 5) is 13.3. The van der Waals surface area contributed by atoms with E-state index in [0.717, 1.165) is 40.9 Å². The number of hydrogen-bond acceptors (Lipinski definition) is 6. The Labute approximate surface area is 231 Å². The highest BCUT2D eigenvalue weighted by Crippen LogP contribution is 2.45. The number of anilines is 1. The summed E-state index contributed by atoms with van der Waals surface area (Å²) in [6.45, 7) is 3.09. The number of benzene rings is 3. The Kier molecular flexibility index (Phi) is 8.84. The molecule has 0 amide bonds. The molecule has 3 aromatic carbocycles. The number of aliphatic hydroxyl groups excluding tert-OH is 1. The van der Waals surface area contributed by atoms with Crippen molar-refractivity contribution in [3.05, 3.63) is 83.4 Å². The van der Waals surface area contributed by atoms with E-state index in [2.05, 4.69) is 35.2 Å². The number of aliphatic hydroxyl groups is 1. The first-order valence-electron chi connectivity index (χ1n) is 14.2. The molecule has 1 saturated heterocycles. The van der Waals surface area contributed by atoms with Crippen LogP contribution in [0, 0.1) is 5.41 Å². The molecule has 1 heterocycles. The Morgan fingerprint density at radius 2 is 1.69 bits per heavy atom. The molecule has 1 aliphatic heterocycles. The Bertz CT molecular complexity index is 1240. The van der Waals surface area contributed by atoms with Crippen LogP contribution in [0.3, 0.4) is 0 Å². The van der Waals surface area contributed by atoms with E-state index in [1.54, 1.807) is 0 Å². The van der Waals surface area contributed by atoms with Crippen LogP contribution < -0.4 is 15.4 Å². The van der Waals surface area contributed by atoms with Gasteiger partial charge < -0.3 is 25.2 Å². The number of rotatable bonds is 10. The van der Waals surface area contributed by atoms with Gasteiger partial charge in [0.05, 0.1) is 12.6 Å². The van der Waals surface area contributed by atoms with Crippen LogP contribution in [-0.2, 0) is 22.7 Å². The van der Waals surface area contributed by atoms with Gasteiger partial charge in [0.1, 0.15) is 19.0 Å². The molecule has 6 nitrogen and oxygen atoms in total. The van der Waals surface area contributed by atoms with Gasteiger partial charge in [-0.3, -0.25) is 4.79 Å². The van der Waals surface area contributed by atoms with Crippen molar-refractivity contribution in [2.45, 2.75) is 64.2 Å². The third-order valence-electron chi connectivity index (χ3n) is 8.60. The minimum Gasteiger partial charge on any atom is -0.488 e. The number of ether oxygens (including phenoxy) is 2. The van der Waals surface area contributed by atoms with Gasteiger partial charge >= 0.3 is 0 Å². The van der Waals surface area contributed by atoms with Gasteiger partial charge in [-0.25, -0.2) is 0 Å². The van der Waals surface area contributed by atoms with E-state index < -0.39 is 6.04 Å². The van der Waals surface area contributed by atoms with Crippen LogP contribution in [0.25, 0.3) is 11.1 Å². The maximum absolute atomic E-state index is 10.7. The lowest BCUT2D eigenvalue weighted by Gasteiger charge is -2.45. The van der Waals surface area contributed by atoms with E-state index in [4.69, 9.17) is 15.2 Å². The van der Waals surface area contributed by atoms with E-state index in [-0.39, 0.29) is 13.2 Å². The normalized spacial score (nSPS) is 17.5. The Morgan fingerprint density at radius 3 is 2.46 bits per heavy atom. The molecule has 6 heteroatoms. The van der Waals surface area contributed by atoms with E-state index in [1.165, 1.54) is 50.6 Å². The molecule has 0 unspecified atom stereocenters. The zero-order chi connectivity index (χ0) is 27.1. The van der Waals surface area contributed by atoms with Gasteiger partial charge in [0, 0.05) is 24.3 Å². The van der Waals surface area contributed by atoms with Crippen molar-refractivity contribution in [2.75, 3.05) is 24.6 Å². The average molecular weight is 529 g/mol. The molecular weight excluding hydrogens is 488 g/mol. The first kappa shape index (κ1) is 27.2. The van der Waals surface area contributed by atoms with Crippen molar-refractivity contribution < 1.29 is 19.4 Å². The summed E-state index contributed by atoms with van der Waals surface area (Å²) in [6.07, 6.45) is 9.42. The fourth-order valence-corrected chi connectivity index (χ4v) is 6.25. The van der Waals surface area contributed by atoms with Crippen LogP contribution in [-0.4, -0.2) is 31.3 Å². The topological polar surface area (TPSA) is 85.0 Å². The predicted octanol–water partition coefficient (Wildman–Crippen LogP) is 6.15. The van der Waals surface area contributed by atoms with Crippen molar-refractivity contribution in [2.24, 2.45) is 11.1 Å². The van der Waals surface area contributed by atoms with Crippen LogP contribution in [0.4, 0.5) is 5.69 Å². The lowest BCUT2D eigenvalue weighted by Crippen LogP contribution is -2.41. The molecular formula is C33H40N2O4. The number of carbonyl (C=O) groups excluding carboxylic acids is 1. The third-order valence-corrected chi connectivity index (χ3v) is 8.60. The molecule has 5 rings (SSSR count). The fraction of sp³-hybridized carbons (Fsp3) is 0.424. The summed E-state index contributed by atoms with van der Waals surface area (Å²) in [5.41, 5.74) is 12.9. The summed E-state index contributed by atoms with van der Waals surface area (Å²) in [6, 6.07) is 22.1. The number of hydrogen-bond donors (Lipinski definition) is 2. The number of para-hydroxylation sites is 1. The molecule has 1 aliphatic carbocycles. The third kappa shape index (κ3) is 6.63. The first-order valence-corrected chi connectivity index (χ1v) is 14.2. The molecule has 1 atom stereocenters. The van der Waals surface area contributed by atoms with Crippen molar-refractivity contribution in [1.82, 2.24) is 0 Å². The molecule has 0 radical (unpaired) electrons. The van der Waals surface area contributed by atoms with Crippen LogP contribution >= 0.6 is 0 Å². The molecule has 2 aliphatic rings. The molecule has 2 fully saturated rings. The van der Waals surface area contributed by atoms with Crippen molar-refractivity contribution in [3.63, 3.8) is 0 Å². The van der Waals surface area contributed by atoms with Crippen LogP contribution in [0.5, 0.6) is 5.75 Å². The summed E-state index contributed by atoms with van der Waals surface area (Å²) in [5, 5.41) is 9.59. The smallest absolute Gasteiger partial charge is 0.293 e. The maximum Gasteiger partial charge on any atom is 0.293 e. The van der Waals surface area contributed by atoms with E-state index in [9.17, 15) is 9.90 Å². The summed E-state index contributed by atoms with van der Waals surface area (Å²) in [7, 11) is 0. The zero-order valence-corrected chi connectivity index (χ0v) is 22.7. The number of nitrogens with zero attached hydrogens (tertiary/aromatic N) is 1. The Morgan fingerprint density at radius 1 is 0.897 bits per heavy atom. The standard InChI is InChI=1S/C33H40N2O4/c34-31(21-36)27-9-6-8-26(19-27)29-17-25(22-39-32-10-3-2-7-28(32)23-38-24-37)18-30(20-29)35-15-13-33(14-16-35)11-4-1-5-12-33/h2-3,6-10,17-20,24,31,36H,1,4-5,11-16,21-23,34H2/t31-/m1/s1. The Hall–Kier alpha value is -3.35.